The third-order valence-corrected chi connectivity index (χ3v) is 3.54. The number of rotatable bonds is 4. The Labute approximate surface area is 112 Å². The Bertz CT molecular complexity index is 551. The Balaban J connectivity index is 2.10. The summed E-state index contributed by atoms with van der Waals surface area (Å²) in [6, 6.07) is 7.98. The van der Waals surface area contributed by atoms with Crippen molar-refractivity contribution in [1.82, 2.24) is 0 Å². The third kappa shape index (κ3) is 3.89. The molecule has 0 saturated carbocycles. The predicted octanol–water partition coefficient (Wildman–Crippen LogP) is 4.57. The van der Waals surface area contributed by atoms with Crippen molar-refractivity contribution in [3.63, 3.8) is 0 Å². The van der Waals surface area contributed by atoms with E-state index in [0.29, 0.717) is 12.2 Å². The van der Waals surface area contributed by atoms with Crippen molar-refractivity contribution in [3.05, 3.63) is 46.2 Å². The van der Waals surface area contributed by atoms with Gasteiger partial charge in [-0.2, -0.15) is 0 Å². The van der Waals surface area contributed by atoms with Crippen LogP contribution in [0.3, 0.4) is 0 Å². The van der Waals surface area contributed by atoms with Crippen molar-refractivity contribution < 1.29 is 17.9 Å². The molecule has 1 aromatic carbocycles. The summed E-state index contributed by atoms with van der Waals surface area (Å²) >= 11 is 1.56. The van der Waals surface area contributed by atoms with E-state index in [4.69, 9.17) is 0 Å². The molecule has 6 heteroatoms. The SMILES string of the molecule is Cc1ccsc1CNc1ccccc1OC(F)(F)F. The molecule has 0 aliphatic heterocycles. The molecule has 0 unspecified atom stereocenters. The first-order valence-corrected chi connectivity index (χ1v) is 6.45. The summed E-state index contributed by atoms with van der Waals surface area (Å²) in [5.41, 5.74) is 1.44. The molecule has 0 saturated heterocycles. The first kappa shape index (κ1) is 13.7. The average molecular weight is 287 g/mol. The highest BCUT2D eigenvalue weighted by Gasteiger charge is 2.32. The largest absolute Gasteiger partial charge is 0.573 e. The second kappa shape index (κ2) is 5.52. The van der Waals surface area contributed by atoms with Gasteiger partial charge < -0.3 is 10.1 Å². The molecule has 2 aromatic rings. The van der Waals surface area contributed by atoms with Gasteiger partial charge in [-0.3, -0.25) is 0 Å². The van der Waals surface area contributed by atoms with Crippen LogP contribution in [0.1, 0.15) is 10.4 Å². The first-order chi connectivity index (χ1) is 8.96. The lowest BCUT2D eigenvalue weighted by Crippen LogP contribution is -2.18. The number of aryl methyl sites for hydroxylation is 1. The minimum Gasteiger partial charge on any atom is -0.404 e. The standard InChI is InChI=1S/C13H12F3NOS/c1-9-6-7-19-12(9)8-17-10-4-2-3-5-11(10)18-13(14,15)16/h2-7,17H,8H2,1H3. The fraction of sp³-hybridized carbons (Fsp3) is 0.231. The highest BCUT2D eigenvalue weighted by molar-refractivity contribution is 7.10. The van der Waals surface area contributed by atoms with E-state index in [2.05, 4.69) is 10.1 Å². The smallest absolute Gasteiger partial charge is 0.404 e. The number of thiophene rings is 1. The summed E-state index contributed by atoms with van der Waals surface area (Å²) in [5.74, 6) is -0.218. The number of nitrogens with one attached hydrogen (secondary N) is 1. The summed E-state index contributed by atoms with van der Waals surface area (Å²) in [7, 11) is 0. The van der Waals surface area contributed by atoms with Gasteiger partial charge >= 0.3 is 6.36 Å². The van der Waals surface area contributed by atoms with Gasteiger partial charge in [-0.05, 0) is 36.1 Å². The molecular formula is C13H12F3NOS. The van der Waals surface area contributed by atoms with Crippen molar-refractivity contribution in [2.24, 2.45) is 0 Å². The number of anilines is 1. The molecule has 0 amide bonds. The van der Waals surface area contributed by atoms with Crippen LogP contribution in [0.5, 0.6) is 5.75 Å². The molecule has 0 aliphatic carbocycles. The van der Waals surface area contributed by atoms with Gasteiger partial charge in [-0.1, -0.05) is 12.1 Å². The fourth-order valence-corrected chi connectivity index (χ4v) is 2.43. The lowest BCUT2D eigenvalue weighted by molar-refractivity contribution is -0.274. The summed E-state index contributed by atoms with van der Waals surface area (Å²) in [5, 5.41) is 4.91. The van der Waals surface area contributed by atoms with E-state index in [1.807, 2.05) is 18.4 Å². The summed E-state index contributed by atoms with van der Waals surface area (Å²) in [6.45, 7) is 2.44. The number of para-hydroxylation sites is 2. The van der Waals surface area contributed by atoms with E-state index < -0.39 is 6.36 Å². The Morgan fingerprint density at radius 2 is 1.95 bits per heavy atom. The maximum Gasteiger partial charge on any atom is 0.573 e. The Morgan fingerprint density at radius 1 is 1.21 bits per heavy atom. The maximum atomic E-state index is 12.3. The van der Waals surface area contributed by atoms with Crippen LogP contribution in [0.4, 0.5) is 18.9 Å². The Hall–Kier alpha value is -1.69. The Morgan fingerprint density at radius 3 is 2.58 bits per heavy atom. The minimum atomic E-state index is -4.68. The van der Waals surface area contributed by atoms with Gasteiger partial charge in [0.05, 0.1) is 5.69 Å². The lowest BCUT2D eigenvalue weighted by atomic mass is 10.2. The van der Waals surface area contributed by atoms with Crippen molar-refractivity contribution in [2.45, 2.75) is 19.8 Å². The zero-order chi connectivity index (χ0) is 13.9. The monoisotopic (exact) mass is 287 g/mol. The molecule has 2 nitrogen and oxygen atoms in total. The van der Waals surface area contributed by atoms with Crippen LogP contribution >= 0.6 is 11.3 Å². The van der Waals surface area contributed by atoms with Gasteiger partial charge in [0, 0.05) is 11.4 Å². The first-order valence-electron chi connectivity index (χ1n) is 5.57. The molecule has 1 aromatic heterocycles. The molecule has 0 bridgehead atoms. The maximum absolute atomic E-state index is 12.3. The molecule has 2 rings (SSSR count). The van der Waals surface area contributed by atoms with E-state index in [9.17, 15) is 13.2 Å². The second-order valence-electron chi connectivity index (χ2n) is 3.92. The Kier molecular flexibility index (Phi) is 3.99. The van der Waals surface area contributed by atoms with Crippen LogP contribution < -0.4 is 10.1 Å². The fourth-order valence-electron chi connectivity index (χ4n) is 1.59. The zero-order valence-corrected chi connectivity index (χ0v) is 10.9. The average Bonchev–Trinajstić information content (AvgIpc) is 2.72. The number of ether oxygens (including phenoxy) is 1. The molecule has 0 atom stereocenters. The second-order valence-corrected chi connectivity index (χ2v) is 4.92. The molecule has 1 N–H and O–H groups in total. The predicted molar refractivity (Wildman–Crippen MR) is 69.5 cm³/mol. The number of benzene rings is 1. The summed E-state index contributed by atoms with van der Waals surface area (Å²) in [6.07, 6.45) is -4.68. The van der Waals surface area contributed by atoms with Gasteiger partial charge in [0.2, 0.25) is 0 Å². The molecule has 102 valence electrons. The highest BCUT2D eigenvalue weighted by Crippen LogP contribution is 2.30. The number of halogens is 3. The van der Waals surface area contributed by atoms with Gasteiger partial charge in [-0.15, -0.1) is 24.5 Å². The van der Waals surface area contributed by atoms with Crippen LogP contribution in [-0.2, 0) is 6.54 Å². The molecular weight excluding hydrogens is 275 g/mol. The molecule has 0 spiro atoms. The van der Waals surface area contributed by atoms with Crippen molar-refractivity contribution in [1.29, 1.82) is 0 Å². The van der Waals surface area contributed by atoms with Gasteiger partial charge in [-0.25, -0.2) is 0 Å². The van der Waals surface area contributed by atoms with Crippen LogP contribution in [0.25, 0.3) is 0 Å². The van der Waals surface area contributed by atoms with Crippen molar-refractivity contribution in [3.8, 4) is 5.75 Å². The van der Waals surface area contributed by atoms with E-state index >= 15 is 0 Å². The quantitative estimate of drug-likeness (QED) is 0.889. The molecule has 1 heterocycles. The van der Waals surface area contributed by atoms with Gasteiger partial charge in [0.1, 0.15) is 0 Å². The van der Waals surface area contributed by atoms with E-state index in [0.717, 1.165) is 10.4 Å². The van der Waals surface area contributed by atoms with E-state index in [1.165, 1.54) is 12.1 Å². The molecule has 0 aliphatic rings. The van der Waals surface area contributed by atoms with Crippen LogP contribution in [-0.4, -0.2) is 6.36 Å². The van der Waals surface area contributed by atoms with Crippen LogP contribution in [0.15, 0.2) is 35.7 Å². The van der Waals surface area contributed by atoms with E-state index in [-0.39, 0.29) is 5.75 Å². The van der Waals surface area contributed by atoms with E-state index in [1.54, 1.807) is 23.5 Å². The van der Waals surface area contributed by atoms with Crippen molar-refractivity contribution in [2.75, 3.05) is 5.32 Å². The molecule has 19 heavy (non-hydrogen) atoms. The summed E-state index contributed by atoms with van der Waals surface area (Å²) in [4.78, 5) is 1.09. The van der Waals surface area contributed by atoms with Crippen LogP contribution in [0, 0.1) is 6.92 Å². The lowest BCUT2D eigenvalue weighted by Gasteiger charge is -2.14. The highest BCUT2D eigenvalue weighted by atomic mass is 32.1. The van der Waals surface area contributed by atoms with Crippen LogP contribution in [0.2, 0.25) is 0 Å². The summed E-state index contributed by atoms with van der Waals surface area (Å²) < 4.78 is 40.7. The number of hydrogen-bond acceptors (Lipinski definition) is 3. The van der Waals surface area contributed by atoms with Gasteiger partial charge in [0.15, 0.2) is 5.75 Å². The van der Waals surface area contributed by atoms with Crippen molar-refractivity contribution >= 4 is 17.0 Å². The minimum absolute atomic E-state index is 0.218. The third-order valence-electron chi connectivity index (χ3n) is 2.52. The normalized spacial score (nSPS) is 11.4. The molecule has 0 radical (unpaired) electrons. The topological polar surface area (TPSA) is 21.3 Å². The zero-order valence-electron chi connectivity index (χ0n) is 10.1. The van der Waals surface area contributed by atoms with Gasteiger partial charge in [0.25, 0.3) is 0 Å². The molecule has 0 fully saturated rings. The number of hydrogen-bond donors (Lipinski definition) is 1. The number of alkyl halides is 3.